The van der Waals surface area contributed by atoms with E-state index in [0.29, 0.717) is 12.0 Å². The van der Waals surface area contributed by atoms with Crippen molar-refractivity contribution in [3.05, 3.63) is 29.8 Å². The molecule has 1 aromatic rings. The second kappa shape index (κ2) is 4.53. The molecule has 0 saturated heterocycles. The van der Waals surface area contributed by atoms with Crippen LogP contribution in [-0.2, 0) is 0 Å². The third-order valence-electron chi connectivity index (χ3n) is 1.96. The Kier molecular flexibility index (Phi) is 3.57. The Hall–Kier alpha value is -1.23. The van der Waals surface area contributed by atoms with Crippen LogP contribution in [-0.4, -0.2) is 6.36 Å². The molecule has 2 N–H and O–H groups in total. The monoisotopic (exact) mass is 219 g/mol. The van der Waals surface area contributed by atoms with Crippen LogP contribution in [0.2, 0.25) is 0 Å². The SMILES string of the molecule is CCC(N)c1cccc(OC(F)(F)F)c1. The molecule has 0 aromatic heterocycles. The highest BCUT2D eigenvalue weighted by Gasteiger charge is 2.31. The topological polar surface area (TPSA) is 35.2 Å². The first-order valence-corrected chi connectivity index (χ1v) is 4.53. The fourth-order valence-electron chi connectivity index (χ4n) is 1.18. The fourth-order valence-corrected chi connectivity index (χ4v) is 1.18. The van der Waals surface area contributed by atoms with E-state index >= 15 is 0 Å². The summed E-state index contributed by atoms with van der Waals surface area (Å²) in [6.07, 6.45) is -4.00. The number of rotatable bonds is 3. The van der Waals surface area contributed by atoms with Crippen LogP contribution in [0, 0.1) is 0 Å². The van der Waals surface area contributed by atoms with Crippen molar-refractivity contribution in [3.8, 4) is 5.75 Å². The van der Waals surface area contributed by atoms with Gasteiger partial charge in [0.2, 0.25) is 0 Å². The minimum Gasteiger partial charge on any atom is -0.406 e. The predicted molar refractivity (Wildman–Crippen MR) is 50.3 cm³/mol. The highest BCUT2D eigenvalue weighted by Crippen LogP contribution is 2.25. The van der Waals surface area contributed by atoms with Gasteiger partial charge in [-0.1, -0.05) is 19.1 Å². The van der Waals surface area contributed by atoms with Crippen molar-refractivity contribution < 1.29 is 17.9 Å². The van der Waals surface area contributed by atoms with Gasteiger partial charge in [0, 0.05) is 6.04 Å². The highest BCUT2D eigenvalue weighted by molar-refractivity contribution is 5.30. The summed E-state index contributed by atoms with van der Waals surface area (Å²) < 4.78 is 39.5. The Morgan fingerprint density at radius 2 is 2.07 bits per heavy atom. The smallest absolute Gasteiger partial charge is 0.406 e. The summed E-state index contributed by atoms with van der Waals surface area (Å²) in [4.78, 5) is 0. The van der Waals surface area contributed by atoms with Crippen LogP contribution in [0.4, 0.5) is 13.2 Å². The summed E-state index contributed by atoms with van der Waals surface area (Å²) >= 11 is 0. The van der Waals surface area contributed by atoms with Crippen molar-refractivity contribution in [1.29, 1.82) is 0 Å². The molecular formula is C10H12F3NO. The van der Waals surface area contributed by atoms with Gasteiger partial charge >= 0.3 is 6.36 Å². The molecule has 0 amide bonds. The van der Waals surface area contributed by atoms with Crippen molar-refractivity contribution in [1.82, 2.24) is 0 Å². The Morgan fingerprint density at radius 1 is 1.40 bits per heavy atom. The van der Waals surface area contributed by atoms with Gasteiger partial charge in [-0.25, -0.2) is 0 Å². The van der Waals surface area contributed by atoms with Gasteiger partial charge in [0.25, 0.3) is 0 Å². The molecule has 1 atom stereocenters. The first-order chi connectivity index (χ1) is 6.92. The van der Waals surface area contributed by atoms with E-state index in [1.807, 2.05) is 6.92 Å². The van der Waals surface area contributed by atoms with Crippen LogP contribution >= 0.6 is 0 Å². The van der Waals surface area contributed by atoms with Gasteiger partial charge in [0.1, 0.15) is 5.75 Å². The molecular weight excluding hydrogens is 207 g/mol. The summed E-state index contributed by atoms with van der Waals surface area (Å²) in [7, 11) is 0. The number of benzene rings is 1. The molecule has 0 saturated carbocycles. The maximum Gasteiger partial charge on any atom is 0.573 e. The average Bonchev–Trinajstić information content (AvgIpc) is 2.14. The number of hydrogen-bond acceptors (Lipinski definition) is 2. The van der Waals surface area contributed by atoms with Crippen LogP contribution < -0.4 is 10.5 Å². The molecule has 0 spiro atoms. The van der Waals surface area contributed by atoms with Crippen LogP contribution in [0.15, 0.2) is 24.3 Å². The van der Waals surface area contributed by atoms with Crippen LogP contribution in [0.1, 0.15) is 24.9 Å². The van der Waals surface area contributed by atoms with Crippen LogP contribution in [0.25, 0.3) is 0 Å². The molecule has 84 valence electrons. The van der Waals surface area contributed by atoms with Gasteiger partial charge in [-0.15, -0.1) is 13.2 Å². The molecule has 0 aliphatic rings. The van der Waals surface area contributed by atoms with Crippen molar-refractivity contribution in [2.75, 3.05) is 0 Å². The summed E-state index contributed by atoms with van der Waals surface area (Å²) in [5.41, 5.74) is 6.33. The third kappa shape index (κ3) is 3.79. The Balaban J connectivity index is 2.83. The van der Waals surface area contributed by atoms with E-state index in [1.54, 1.807) is 6.07 Å². The van der Waals surface area contributed by atoms with Gasteiger partial charge in [0.15, 0.2) is 0 Å². The van der Waals surface area contributed by atoms with E-state index in [2.05, 4.69) is 4.74 Å². The molecule has 1 unspecified atom stereocenters. The molecule has 0 bridgehead atoms. The van der Waals surface area contributed by atoms with Gasteiger partial charge < -0.3 is 10.5 Å². The molecule has 1 aromatic carbocycles. The Labute approximate surface area is 85.8 Å². The van der Waals surface area contributed by atoms with Crippen molar-refractivity contribution in [2.24, 2.45) is 5.73 Å². The Morgan fingerprint density at radius 3 is 2.60 bits per heavy atom. The summed E-state index contributed by atoms with van der Waals surface area (Å²) in [5.74, 6) is -0.232. The zero-order chi connectivity index (χ0) is 11.5. The number of halogens is 3. The maximum absolute atomic E-state index is 11.9. The summed E-state index contributed by atoms with van der Waals surface area (Å²) in [5, 5.41) is 0. The molecule has 0 heterocycles. The molecule has 1 rings (SSSR count). The number of hydrogen-bond donors (Lipinski definition) is 1. The first-order valence-electron chi connectivity index (χ1n) is 4.53. The lowest BCUT2D eigenvalue weighted by molar-refractivity contribution is -0.274. The van der Waals surface area contributed by atoms with Crippen LogP contribution in [0.5, 0.6) is 5.75 Å². The largest absolute Gasteiger partial charge is 0.573 e. The van der Waals surface area contributed by atoms with Gasteiger partial charge in [-0.3, -0.25) is 0 Å². The molecule has 15 heavy (non-hydrogen) atoms. The summed E-state index contributed by atoms with van der Waals surface area (Å²) in [6.45, 7) is 1.86. The fraction of sp³-hybridized carbons (Fsp3) is 0.400. The van der Waals surface area contributed by atoms with Gasteiger partial charge in [0.05, 0.1) is 0 Å². The van der Waals surface area contributed by atoms with Crippen LogP contribution in [0.3, 0.4) is 0 Å². The number of alkyl halides is 3. The lowest BCUT2D eigenvalue weighted by atomic mass is 10.1. The van der Waals surface area contributed by atoms with E-state index < -0.39 is 6.36 Å². The number of ether oxygens (including phenoxy) is 1. The molecule has 5 heteroatoms. The first kappa shape index (κ1) is 11.8. The molecule has 0 aliphatic heterocycles. The van der Waals surface area contributed by atoms with Crippen molar-refractivity contribution >= 4 is 0 Å². The van der Waals surface area contributed by atoms with Crippen molar-refractivity contribution in [3.63, 3.8) is 0 Å². The predicted octanol–water partition coefficient (Wildman–Crippen LogP) is 3.00. The van der Waals surface area contributed by atoms with E-state index in [4.69, 9.17) is 5.73 Å². The maximum atomic E-state index is 11.9. The minimum atomic E-state index is -4.66. The molecule has 0 aliphatic carbocycles. The van der Waals surface area contributed by atoms with Crippen molar-refractivity contribution in [2.45, 2.75) is 25.7 Å². The van der Waals surface area contributed by atoms with Gasteiger partial charge in [-0.05, 0) is 24.1 Å². The quantitative estimate of drug-likeness (QED) is 0.848. The van der Waals surface area contributed by atoms with E-state index in [9.17, 15) is 13.2 Å². The molecule has 0 fully saturated rings. The lowest BCUT2D eigenvalue weighted by Gasteiger charge is -2.12. The normalized spacial score (nSPS) is 13.7. The highest BCUT2D eigenvalue weighted by atomic mass is 19.4. The second-order valence-corrected chi connectivity index (χ2v) is 3.14. The van der Waals surface area contributed by atoms with E-state index in [-0.39, 0.29) is 11.8 Å². The number of nitrogens with two attached hydrogens (primary N) is 1. The van der Waals surface area contributed by atoms with E-state index in [1.165, 1.54) is 18.2 Å². The molecule has 2 nitrogen and oxygen atoms in total. The summed E-state index contributed by atoms with van der Waals surface area (Å²) in [6, 6.07) is 5.46. The zero-order valence-electron chi connectivity index (χ0n) is 8.21. The lowest BCUT2D eigenvalue weighted by Crippen LogP contribution is -2.17. The van der Waals surface area contributed by atoms with Gasteiger partial charge in [-0.2, -0.15) is 0 Å². The van der Waals surface area contributed by atoms with E-state index in [0.717, 1.165) is 0 Å². The zero-order valence-corrected chi connectivity index (χ0v) is 8.21. The average molecular weight is 219 g/mol. The Bertz CT molecular complexity index is 325. The second-order valence-electron chi connectivity index (χ2n) is 3.14. The molecule has 0 radical (unpaired) electrons. The standard InChI is InChI=1S/C10H12F3NO/c1-2-9(14)7-4-3-5-8(6-7)15-10(11,12)13/h3-6,9H,2,14H2,1H3. The minimum absolute atomic E-state index is 0.232. The third-order valence-corrected chi connectivity index (χ3v) is 1.96.